The maximum absolute atomic E-state index is 10.3. The van der Waals surface area contributed by atoms with Crippen LogP contribution in [0.1, 0.15) is 38.5 Å². The Labute approximate surface area is 97.3 Å². The molecular weight excluding hydrogens is 206 g/mol. The molecule has 1 saturated carbocycles. The number of carboxylic acids is 1. The van der Waals surface area contributed by atoms with Gasteiger partial charge in [-0.05, 0) is 32.2 Å². The maximum Gasteiger partial charge on any atom is 0.303 e. The zero-order valence-corrected chi connectivity index (χ0v) is 10.1. The molecule has 1 aliphatic carbocycles. The van der Waals surface area contributed by atoms with Gasteiger partial charge in [-0.3, -0.25) is 4.79 Å². The van der Waals surface area contributed by atoms with Gasteiger partial charge in [0.25, 0.3) is 0 Å². The van der Waals surface area contributed by atoms with E-state index in [1.54, 1.807) is 0 Å². The molecule has 16 heavy (non-hydrogen) atoms. The third-order valence-electron chi connectivity index (χ3n) is 3.26. The maximum atomic E-state index is 10.3. The number of carbonyl (C=O) groups is 1. The predicted octanol–water partition coefficient (Wildman–Crippen LogP) is 1.33. The van der Waals surface area contributed by atoms with Crippen LogP contribution in [0.4, 0.5) is 0 Å². The standard InChI is InChI=1S/C12H23NO3/c1-13(8-10-4-2-3-5-10)9-11(14)6-7-12(15)16/h10-11,14H,2-9H2,1H3,(H,15,16). The molecule has 0 aromatic heterocycles. The second-order valence-electron chi connectivity index (χ2n) is 4.96. The van der Waals surface area contributed by atoms with E-state index in [9.17, 15) is 9.90 Å². The molecule has 2 N–H and O–H groups in total. The molecule has 1 aliphatic rings. The fraction of sp³-hybridized carbons (Fsp3) is 0.917. The minimum absolute atomic E-state index is 0.0540. The smallest absolute Gasteiger partial charge is 0.303 e. The number of rotatable bonds is 7. The minimum atomic E-state index is -0.836. The summed E-state index contributed by atoms with van der Waals surface area (Å²) in [4.78, 5) is 12.5. The van der Waals surface area contributed by atoms with E-state index in [0.29, 0.717) is 13.0 Å². The summed E-state index contributed by atoms with van der Waals surface area (Å²) in [6.45, 7) is 1.62. The minimum Gasteiger partial charge on any atom is -0.481 e. The van der Waals surface area contributed by atoms with E-state index in [2.05, 4.69) is 4.90 Å². The normalized spacial score (nSPS) is 19.2. The lowest BCUT2D eigenvalue weighted by atomic mass is 10.1. The van der Waals surface area contributed by atoms with Crippen LogP contribution in [0.25, 0.3) is 0 Å². The molecule has 0 aliphatic heterocycles. The van der Waals surface area contributed by atoms with Gasteiger partial charge in [-0.2, -0.15) is 0 Å². The first kappa shape index (κ1) is 13.5. The van der Waals surface area contributed by atoms with E-state index in [0.717, 1.165) is 12.5 Å². The Hall–Kier alpha value is -0.610. The number of carboxylic acid groups (broad SMARTS) is 1. The molecule has 1 unspecified atom stereocenters. The van der Waals surface area contributed by atoms with Gasteiger partial charge in [-0.25, -0.2) is 0 Å². The van der Waals surface area contributed by atoms with Gasteiger partial charge in [0.15, 0.2) is 0 Å². The molecule has 1 fully saturated rings. The Morgan fingerprint density at radius 1 is 1.44 bits per heavy atom. The highest BCUT2D eigenvalue weighted by Gasteiger charge is 2.18. The van der Waals surface area contributed by atoms with Crippen LogP contribution >= 0.6 is 0 Å². The third-order valence-corrected chi connectivity index (χ3v) is 3.26. The molecule has 0 saturated heterocycles. The Kier molecular flexibility index (Phi) is 5.77. The Morgan fingerprint density at radius 3 is 2.62 bits per heavy atom. The summed E-state index contributed by atoms with van der Waals surface area (Å²) in [5.41, 5.74) is 0. The van der Waals surface area contributed by atoms with E-state index in [1.807, 2.05) is 7.05 Å². The molecule has 1 atom stereocenters. The van der Waals surface area contributed by atoms with Gasteiger partial charge in [0, 0.05) is 19.5 Å². The lowest BCUT2D eigenvalue weighted by Gasteiger charge is -2.23. The quantitative estimate of drug-likeness (QED) is 0.691. The summed E-state index contributed by atoms with van der Waals surface area (Å²) >= 11 is 0. The van der Waals surface area contributed by atoms with Gasteiger partial charge in [-0.1, -0.05) is 12.8 Å². The fourth-order valence-corrected chi connectivity index (χ4v) is 2.45. The van der Waals surface area contributed by atoms with Crippen molar-refractivity contribution in [1.82, 2.24) is 4.90 Å². The fourth-order valence-electron chi connectivity index (χ4n) is 2.45. The molecule has 0 aromatic carbocycles. The van der Waals surface area contributed by atoms with Crippen molar-refractivity contribution in [2.45, 2.75) is 44.6 Å². The van der Waals surface area contributed by atoms with Crippen molar-refractivity contribution in [3.63, 3.8) is 0 Å². The third kappa shape index (κ3) is 5.47. The molecule has 0 bridgehead atoms. The second-order valence-corrected chi connectivity index (χ2v) is 4.96. The predicted molar refractivity (Wildman–Crippen MR) is 62.3 cm³/mol. The largest absolute Gasteiger partial charge is 0.481 e. The first-order valence-corrected chi connectivity index (χ1v) is 6.16. The Morgan fingerprint density at radius 2 is 2.06 bits per heavy atom. The number of nitrogens with zero attached hydrogens (tertiary/aromatic N) is 1. The van der Waals surface area contributed by atoms with Crippen molar-refractivity contribution in [1.29, 1.82) is 0 Å². The Balaban J connectivity index is 2.11. The topological polar surface area (TPSA) is 60.8 Å². The number of aliphatic hydroxyl groups is 1. The first-order valence-electron chi connectivity index (χ1n) is 6.16. The van der Waals surface area contributed by atoms with Gasteiger partial charge in [0.1, 0.15) is 0 Å². The second kappa shape index (κ2) is 6.86. The highest BCUT2D eigenvalue weighted by atomic mass is 16.4. The molecule has 4 nitrogen and oxygen atoms in total. The van der Waals surface area contributed by atoms with Gasteiger partial charge < -0.3 is 15.1 Å². The average molecular weight is 229 g/mol. The van der Waals surface area contributed by atoms with Gasteiger partial charge >= 0.3 is 5.97 Å². The van der Waals surface area contributed by atoms with Crippen LogP contribution in [0.3, 0.4) is 0 Å². The lowest BCUT2D eigenvalue weighted by molar-refractivity contribution is -0.137. The number of likely N-dealkylation sites (N-methyl/N-ethyl adjacent to an activating group) is 1. The van der Waals surface area contributed by atoms with Crippen LogP contribution in [-0.2, 0) is 4.79 Å². The number of aliphatic carboxylic acids is 1. The van der Waals surface area contributed by atoms with Crippen LogP contribution in [0.5, 0.6) is 0 Å². The zero-order valence-electron chi connectivity index (χ0n) is 10.1. The summed E-state index contributed by atoms with van der Waals surface area (Å²) in [6.07, 6.45) is 5.16. The van der Waals surface area contributed by atoms with Crippen molar-refractivity contribution < 1.29 is 15.0 Å². The van der Waals surface area contributed by atoms with Crippen LogP contribution in [0, 0.1) is 5.92 Å². The van der Waals surface area contributed by atoms with Crippen LogP contribution in [-0.4, -0.2) is 47.3 Å². The van der Waals surface area contributed by atoms with E-state index < -0.39 is 12.1 Å². The molecule has 4 heteroatoms. The Bertz CT molecular complexity index is 214. The van der Waals surface area contributed by atoms with Gasteiger partial charge in [0.2, 0.25) is 0 Å². The molecule has 1 rings (SSSR count). The van der Waals surface area contributed by atoms with E-state index in [1.165, 1.54) is 25.7 Å². The zero-order chi connectivity index (χ0) is 12.0. The average Bonchev–Trinajstić information content (AvgIpc) is 2.67. The molecule has 0 radical (unpaired) electrons. The van der Waals surface area contributed by atoms with Crippen LogP contribution in [0.15, 0.2) is 0 Å². The highest BCUT2D eigenvalue weighted by Crippen LogP contribution is 2.25. The molecule has 0 heterocycles. The number of hydrogen-bond donors (Lipinski definition) is 2. The molecule has 94 valence electrons. The summed E-state index contributed by atoms with van der Waals surface area (Å²) in [7, 11) is 2.00. The molecule has 0 spiro atoms. The van der Waals surface area contributed by atoms with E-state index >= 15 is 0 Å². The molecule has 0 aromatic rings. The number of aliphatic hydroxyl groups excluding tert-OH is 1. The summed E-state index contributed by atoms with van der Waals surface area (Å²) in [5.74, 6) is -0.0610. The monoisotopic (exact) mass is 229 g/mol. The van der Waals surface area contributed by atoms with Crippen molar-refractivity contribution in [2.24, 2.45) is 5.92 Å². The lowest BCUT2D eigenvalue weighted by Crippen LogP contribution is -2.32. The summed E-state index contributed by atoms with van der Waals surface area (Å²) in [6, 6.07) is 0. The van der Waals surface area contributed by atoms with Crippen molar-refractivity contribution >= 4 is 5.97 Å². The van der Waals surface area contributed by atoms with Crippen molar-refractivity contribution in [3.05, 3.63) is 0 Å². The first-order chi connectivity index (χ1) is 7.58. The van der Waals surface area contributed by atoms with Gasteiger partial charge in [0.05, 0.1) is 6.10 Å². The molecule has 0 amide bonds. The van der Waals surface area contributed by atoms with Crippen LogP contribution in [0.2, 0.25) is 0 Å². The SMILES string of the molecule is CN(CC(O)CCC(=O)O)CC1CCCC1. The highest BCUT2D eigenvalue weighted by molar-refractivity contribution is 5.66. The van der Waals surface area contributed by atoms with E-state index in [4.69, 9.17) is 5.11 Å². The van der Waals surface area contributed by atoms with Crippen LogP contribution < -0.4 is 0 Å². The summed E-state index contributed by atoms with van der Waals surface area (Å²) in [5, 5.41) is 18.1. The van der Waals surface area contributed by atoms with Crippen molar-refractivity contribution in [2.75, 3.05) is 20.1 Å². The van der Waals surface area contributed by atoms with Gasteiger partial charge in [-0.15, -0.1) is 0 Å². The van der Waals surface area contributed by atoms with Crippen molar-refractivity contribution in [3.8, 4) is 0 Å². The summed E-state index contributed by atoms with van der Waals surface area (Å²) < 4.78 is 0. The van der Waals surface area contributed by atoms with E-state index in [-0.39, 0.29) is 6.42 Å². The molecular formula is C12H23NO3. The number of hydrogen-bond acceptors (Lipinski definition) is 3.